The number of rotatable bonds is 4. The second kappa shape index (κ2) is 4.65. The molecule has 0 amide bonds. The summed E-state index contributed by atoms with van der Waals surface area (Å²) in [4.78, 5) is 0. The Kier molecular flexibility index (Phi) is 5.10. The molecule has 1 radical (unpaired) electrons. The summed E-state index contributed by atoms with van der Waals surface area (Å²) < 4.78 is 0. The van der Waals surface area contributed by atoms with Crippen LogP contribution in [0.5, 0.6) is 0 Å². The molecule has 0 heterocycles. The fraction of sp³-hybridized carbons (Fsp3) is 0.833. The van der Waals surface area contributed by atoms with Crippen LogP contribution in [0.3, 0.4) is 0 Å². The summed E-state index contributed by atoms with van der Waals surface area (Å²) in [5.74, 6) is 1.47. The average molecular weight is 189 g/mol. The minimum absolute atomic E-state index is 0.148. The van der Waals surface area contributed by atoms with E-state index >= 15 is 0 Å². The lowest BCUT2D eigenvalue weighted by atomic mass is 9.93. The summed E-state index contributed by atoms with van der Waals surface area (Å²) in [5.41, 5.74) is -0.148. The fourth-order valence-corrected chi connectivity index (χ4v) is 1.57. The second-order valence-electron chi connectivity index (χ2n) is 2.15. The molecule has 0 atom stereocenters. The summed E-state index contributed by atoms with van der Waals surface area (Å²) >= 11 is 16.8. The van der Waals surface area contributed by atoms with Gasteiger partial charge in [0.2, 0.25) is 0 Å². The zero-order chi connectivity index (χ0) is 7.33. The maximum absolute atomic E-state index is 5.62. The van der Waals surface area contributed by atoms with E-state index < -0.39 is 0 Å². The Bertz CT molecular complexity index is 51.2. The largest absolute Gasteiger partial charge is 0.126 e. The molecule has 0 spiro atoms. The van der Waals surface area contributed by atoms with Crippen molar-refractivity contribution in [3.8, 4) is 0 Å². The van der Waals surface area contributed by atoms with Gasteiger partial charge in [0.15, 0.2) is 0 Å². The van der Waals surface area contributed by atoms with Crippen LogP contribution in [-0.4, -0.2) is 17.6 Å². The molecule has 0 aliphatic heterocycles. The number of hydrogen-bond acceptors (Lipinski definition) is 0. The zero-order valence-corrected chi connectivity index (χ0v) is 7.44. The van der Waals surface area contributed by atoms with Crippen molar-refractivity contribution >= 4 is 34.8 Å². The summed E-state index contributed by atoms with van der Waals surface area (Å²) in [7, 11) is 0. The molecule has 0 rings (SSSR count). The van der Waals surface area contributed by atoms with Gasteiger partial charge in [0.1, 0.15) is 0 Å². The lowest BCUT2D eigenvalue weighted by Crippen LogP contribution is -2.26. The third-order valence-electron chi connectivity index (χ3n) is 1.38. The normalized spacial score (nSPS) is 12.0. The predicted molar refractivity (Wildman–Crippen MR) is 44.6 cm³/mol. The van der Waals surface area contributed by atoms with E-state index in [2.05, 4.69) is 6.92 Å². The van der Waals surface area contributed by atoms with Crippen LogP contribution in [0.25, 0.3) is 0 Å². The van der Waals surface area contributed by atoms with Gasteiger partial charge in [0.05, 0.1) is 0 Å². The topological polar surface area (TPSA) is 0 Å². The van der Waals surface area contributed by atoms with Gasteiger partial charge in [0.25, 0.3) is 0 Å². The highest BCUT2D eigenvalue weighted by Crippen LogP contribution is 2.26. The molecule has 55 valence electrons. The van der Waals surface area contributed by atoms with E-state index in [9.17, 15) is 0 Å². The van der Waals surface area contributed by atoms with Crippen LogP contribution < -0.4 is 0 Å². The molecule has 0 aromatic carbocycles. The van der Waals surface area contributed by atoms with E-state index in [4.69, 9.17) is 34.8 Å². The number of halogens is 3. The van der Waals surface area contributed by atoms with E-state index in [0.717, 1.165) is 0 Å². The van der Waals surface area contributed by atoms with E-state index in [1.807, 2.05) is 0 Å². The standard InChI is InChI=1S/C6H10Cl3/c1-2-6(3-7,4-8)5-9/h1-5H2. The highest BCUT2D eigenvalue weighted by atomic mass is 35.5. The van der Waals surface area contributed by atoms with Crippen LogP contribution in [0.1, 0.15) is 6.42 Å². The average Bonchev–Trinajstić information content (AvgIpc) is 1.95. The molecule has 0 N–H and O–H groups in total. The Labute approximate surface area is 71.5 Å². The molecule has 0 saturated heterocycles. The highest BCUT2D eigenvalue weighted by Gasteiger charge is 2.24. The van der Waals surface area contributed by atoms with Crippen molar-refractivity contribution in [2.45, 2.75) is 6.42 Å². The minimum atomic E-state index is -0.148. The maximum Gasteiger partial charge on any atom is 0.0302 e. The Morgan fingerprint density at radius 1 is 1.00 bits per heavy atom. The molecular weight excluding hydrogens is 178 g/mol. The van der Waals surface area contributed by atoms with Gasteiger partial charge in [-0.3, -0.25) is 0 Å². The van der Waals surface area contributed by atoms with Crippen LogP contribution in [-0.2, 0) is 0 Å². The molecule has 0 aromatic heterocycles. The van der Waals surface area contributed by atoms with Crippen molar-refractivity contribution in [3.63, 3.8) is 0 Å². The van der Waals surface area contributed by atoms with Gasteiger partial charge in [-0.25, -0.2) is 0 Å². The molecular formula is C6H10Cl3. The van der Waals surface area contributed by atoms with Gasteiger partial charge in [-0.1, -0.05) is 6.92 Å². The molecule has 0 fully saturated rings. The van der Waals surface area contributed by atoms with Gasteiger partial charge in [-0.2, -0.15) is 0 Å². The van der Waals surface area contributed by atoms with Gasteiger partial charge in [-0.15, -0.1) is 34.8 Å². The maximum atomic E-state index is 5.62. The van der Waals surface area contributed by atoms with E-state index in [0.29, 0.717) is 24.1 Å². The van der Waals surface area contributed by atoms with Crippen LogP contribution in [0.4, 0.5) is 0 Å². The second-order valence-corrected chi connectivity index (χ2v) is 2.95. The predicted octanol–water partition coefficient (Wildman–Crippen LogP) is 2.91. The first kappa shape index (κ1) is 9.87. The van der Waals surface area contributed by atoms with Crippen LogP contribution in [0, 0.1) is 12.3 Å². The first-order chi connectivity index (χ1) is 4.24. The fourth-order valence-electron chi connectivity index (χ4n) is 0.308. The van der Waals surface area contributed by atoms with Crippen molar-refractivity contribution in [1.29, 1.82) is 0 Å². The van der Waals surface area contributed by atoms with E-state index in [1.54, 1.807) is 0 Å². The van der Waals surface area contributed by atoms with E-state index in [-0.39, 0.29) is 5.41 Å². The zero-order valence-electron chi connectivity index (χ0n) is 5.17. The molecule has 0 saturated carbocycles. The summed E-state index contributed by atoms with van der Waals surface area (Å²) in [6.45, 7) is 3.72. The molecule has 0 aromatic rings. The lowest BCUT2D eigenvalue weighted by molar-refractivity contribution is 0.440. The van der Waals surface area contributed by atoms with Crippen molar-refractivity contribution in [3.05, 3.63) is 6.92 Å². The molecule has 0 bridgehead atoms. The quantitative estimate of drug-likeness (QED) is 0.595. The minimum Gasteiger partial charge on any atom is -0.126 e. The first-order valence-electron chi connectivity index (χ1n) is 2.72. The van der Waals surface area contributed by atoms with Gasteiger partial charge >= 0.3 is 0 Å². The van der Waals surface area contributed by atoms with Gasteiger partial charge < -0.3 is 0 Å². The highest BCUT2D eigenvalue weighted by molar-refractivity contribution is 6.24. The van der Waals surface area contributed by atoms with Crippen LogP contribution in [0.15, 0.2) is 0 Å². The number of hydrogen-bond donors (Lipinski definition) is 0. The van der Waals surface area contributed by atoms with Gasteiger partial charge in [0, 0.05) is 23.1 Å². The van der Waals surface area contributed by atoms with Crippen LogP contribution in [0.2, 0.25) is 0 Å². The van der Waals surface area contributed by atoms with Crippen molar-refractivity contribution < 1.29 is 0 Å². The lowest BCUT2D eigenvalue weighted by Gasteiger charge is -2.24. The first-order valence-corrected chi connectivity index (χ1v) is 4.32. The van der Waals surface area contributed by atoms with Crippen LogP contribution >= 0.6 is 34.8 Å². The third-order valence-corrected chi connectivity index (χ3v) is 3.08. The number of alkyl halides is 3. The van der Waals surface area contributed by atoms with Gasteiger partial charge in [-0.05, 0) is 6.42 Å². The SMILES string of the molecule is [CH2]CC(CCl)(CCl)CCl. The Balaban J connectivity index is 3.82. The Hall–Kier alpha value is 0.870. The van der Waals surface area contributed by atoms with E-state index in [1.165, 1.54) is 0 Å². The summed E-state index contributed by atoms with van der Waals surface area (Å²) in [5, 5.41) is 0. The molecule has 9 heavy (non-hydrogen) atoms. The van der Waals surface area contributed by atoms with Crippen molar-refractivity contribution in [2.24, 2.45) is 5.41 Å². The molecule has 0 aliphatic carbocycles. The molecule has 0 aliphatic rings. The smallest absolute Gasteiger partial charge is 0.0302 e. The third kappa shape index (κ3) is 2.53. The van der Waals surface area contributed by atoms with Crippen molar-refractivity contribution in [1.82, 2.24) is 0 Å². The summed E-state index contributed by atoms with van der Waals surface area (Å²) in [6, 6.07) is 0. The molecule has 0 nitrogen and oxygen atoms in total. The monoisotopic (exact) mass is 187 g/mol. The van der Waals surface area contributed by atoms with Crippen molar-refractivity contribution in [2.75, 3.05) is 17.6 Å². The molecule has 0 unspecified atom stereocenters. The Morgan fingerprint density at radius 2 is 1.33 bits per heavy atom. The summed E-state index contributed by atoms with van der Waals surface area (Å²) in [6.07, 6.45) is 0.698. The Morgan fingerprint density at radius 3 is 1.33 bits per heavy atom. The molecule has 3 heteroatoms.